The zero-order chi connectivity index (χ0) is 35.3. The highest BCUT2D eigenvalue weighted by molar-refractivity contribution is 6.00. The summed E-state index contributed by atoms with van der Waals surface area (Å²) in [5.41, 5.74) is 21.8. The first kappa shape index (κ1) is 30.4. The molecule has 7 aromatic rings. The fraction of sp³-hybridized carbons (Fsp3) is 0.115. The first-order valence-electron chi connectivity index (χ1n) is 19.0. The molecule has 4 aliphatic rings. The van der Waals surface area contributed by atoms with Crippen LogP contribution in [0, 0.1) is 0 Å². The minimum atomic E-state index is -0.459. The molecule has 0 aromatic heterocycles. The van der Waals surface area contributed by atoms with Crippen LogP contribution in [0.5, 0.6) is 0 Å². The van der Waals surface area contributed by atoms with Gasteiger partial charge in [0, 0.05) is 22.4 Å². The molecule has 0 unspecified atom stereocenters. The third-order valence-corrected chi connectivity index (χ3v) is 12.6. The number of nitrogens with zero attached hydrogens (tertiary/aromatic N) is 1. The number of rotatable bonds is 4. The maximum absolute atomic E-state index is 2.55. The van der Waals surface area contributed by atoms with E-state index in [0.717, 1.165) is 18.5 Å². The van der Waals surface area contributed by atoms with E-state index >= 15 is 0 Å². The summed E-state index contributed by atoms with van der Waals surface area (Å²) in [5.74, 6) is 0. The van der Waals surface area contributed by atoms with E-state index in [1.807, 2.05) is 0 Å². The quantitative estimate of drug-likeness (QED) is 0.179. The Hall–Kier alpha value is -6.18. The van der Waals surface area contributed by atoms with Gasteiger partial charge in [0.05, 0.1) is 11.1 Å². The van der Waals surface area contributed by atoms with Gasteiger partial charge in [0.1, 0.15) is 0 Å². The first-order valence-corrected chi connectivity index (χ1v) is 19.0. The smallest absolute Gasteiger partial charge is 0.0746 e. The standard InChI is InChI=1S/C52H39N/c1-51(2)44-22-10-6-17-38(44)42-32-31-37(33-48(42)51)53(36-29-27-35(28-30-36)34-15-4-3-5-16-34)49-26-14-21-43-41-20-9-13-25-47(41)52(50(43)49)45-23-11-7-18-39(45)40-19-8-12-24-46(40)52/h3-4,6-15,17-33H,5,16H2,1-2H3. The highest BCUT2D eigenvalue weighted by Crippen LogP contribution is 2.65. The molecule has 0 fully saturated rings. The summed E-state index contributed by atoms with van der Waals surface area (Å²) >= 11 is 0. The van der Waals surface area contributed by atoms with E-state index in [9.17, 15) is 0 Å². The molecule has 4 aliphatic carbocycles. The molecule has 0 bridgehead atoms. The lowest BCUT2D eigenvalue weighted by Crippen LogP contribution is -2.28. The molecule has 0 atom stereocenters. The van der Waals surface area contributed by atoms with Crippen LogP contribution in [-0.4, -0.2) is 0 Å². The van der Waals surface area contributed by atoms with Crippen LogP contribution in [0.3, 0.4) is 0 Å². The van der Waals surface area contributed by atoms with Gasteiger partial charge < -0.3 is 4.90 Å². The van der Waals surface area contributed by atoms with Crippen molar-refractivity contribution in [2.75, 3.05) is 4.90 Å². The molecule has 53 heavy (non-hydrogen) atoms. The summed E-state index contributed by atoms with van der Waals surface area (Å²) < 4.78 is 0. The van der Waals surface area contributed by atoms with E-state index < -0.39 is 5.41 Å². The lowest BCUT2D eigenvalue weighted by molar-refractivity contribution is 0.660. The summed E-state index contributed by atoms with van der Waals surface area (Å²) in [4.78, 5) is 2.55. The topological polar surface area (TPSA) is 3.24 Å². The van der Waals surface area contributed by atoms with Crippen LogP contribution in [-0.2, 0) is 10.8 Å². The van der Waals surface area contributed by atoms with Gasteiger partial charge in [-0.25, -0.2) is 0 Å². The molecular formula is C52H39N. The number of hydrogen-bond donors (Lipinski definition) is 0. The molecule has 0 saturated heterocycles. The Kier molecular flexibility index (Phi) is 6.41. The number of benzene rings is 7. The van der Waals surface area contributed by atoms with E-state index in [2.05, 4.69) is 195 Å². The Labute approximate surface area is 312 Å². The van der Waals surface area contributed by atoms with E-state index in [0.29, 0.717) is 0 Å². The SMILES string of the molecule is CC1(C)c2ccccc2-c2ccc(N(c3ccc(C4=CC=CCC4)cc3)c3cccc4c3C3(c5ccccc5-c5ccccc53)c3ccccc3-4)cc21. The van der Waals surface area contributed by atoms with E-state index in [-0.39, 0.29) is 5.41 Å². The van der Waals surface area contributed by atoms with Crippen LogP contribution in [0.15, 0.2) is 176 Å². The number of allylic oxidation sites excluding steroid dienone is 4. The van der Waals surface area contributed by atoms with Crippen molar-refractivity contribution in [3.05, 3.63) is 215 Å². The Morgan fingerprint density at radius 1 is 0.472 bits per heavy atom. The number of hydrogen-bond acceptors (Lipinski definition) is 1. The monoisotopic (exact) mass is 677 g/mol. The second-order valence-corrected chi connectivity index (χ2v) is 15.5. The van der Waals surface area contributed by atoms with Crippen LogP contribution in [0.25, 0.3) is 39.0 Å². The second kappa shape index (κ2) is 11.2. The van der Waals surface area contributed by atoms with Gasteiger partial charge in [-0.2, -0.15) is 0 Å². The molecule has 0 amide bonds. The van der Waals surface area contributed by atoms with Crippen molar-refractivity contribution in [2.45, 2.75) is 37.5 Å². The zero-order valence-electron chi connectivity index (χ0n) is 30.1. The summed E-state index contributed by atoms with van der Waals surface area (Å²) in [6, 6.07) is 59.8. The highest BCUT2D eigenvalue weighted by Gasteiger charge is 2.53. The lowest BCUT2D eigenvalue weighted by Gasteiger charge is -2.36. The van der Waals surface area contributed by atoms with Gasteiger partial charge in [0.2, 0.25) is 0 Å². The van der Waals surface area contributed by atoms with Gasteiger partial charge in [0.25, 0.3) is 0 Å². The van der Waals surface area contributed by atoms with Crippen molar-refractivity contribution < 1.29 is 0 Å². The fourth-order valence-corrected chi connectivity index (χ4v) is 10.2. The van der Waals surface area contributed by atoms with Gasteiger partial charge >= 0.3 is 0 Å². The van der Waals surface area contributed by atoms with Crippen LogP contribution < -0.4 is 4.90 Å². The molecule has 11 rings (SSSR count). The maximum Gasteiger partial charge on any atom is 0.0746 e. The van der Waals surface area contributed by atoms with Gasteiger partial charge in [0.15, 0.2) is 0 Å². The average molecular weight is 678 g/mol. The molecule has 0 saturated carbocycles. The molecule has 252 valence electrons. The maximum atomic E-state index is 2.55. The van der Waals surface area contributed by atoms with Crippen LogP contribution >= 0.6 is 0 Å². The molecule has 0 N–H and O–H groups in total. The van der Waals surface area contributed by atoms with Crippen LogP contribution in [0.2, 0.25) is 0 Å². The normalized spacial score (nSPS) is 15.9. The molecule has 1 heteroatoms. The third-order valence-electron chi connectivity index (χ3n) is 12.6. The number of anilines is 3. The Balaban J connectivity index is 1.20. The highest BCUT2D eigenvalue weighted by atomic mass is 15.1. The minimum absolute atomic E-state index is 0.113. The average Bonchev–Trinajstić information content (AvgIpc) is 3.78. The van der Waals surface area contributed by atoms with Crippen molar-refractivity contribution in [3.63, 3.8) is 0 Å². The van der Waals surface area contributed by atoms with E-state index in [1.165, 1.54) is 89.3 Å². The predicted molar refractivity (Wildman–Crippen MR) is 221 cm³/mol. The van der Waals surface area contributed by atoms with Crippen molar-refractivity contribution in [1.82, 2.24) is 0 Å². The largest absolute Gasteiger partial charge is 0.310 e. The molecule has 1 nitrogen and oxygen atoms in total. The summed E-state index contributed by atoms with van der Waals surface area (Å²) in [6.45, 7) is 4.76. The molecule has 1 spiro atoms. The third kappa shape index (κ3) is 4.08. The summed E-state index contributed by atoms with van der Waals surface area (Å²) in [7, 11) is 0. The Morgan fingerprint density at radius 3 is 1.62 bits per heavy atom. The summed E-state index contributed by atoms with van der Waals surface area (Å²) in [5, 5.41) is 0. The second-order valence-electron chi connectivity index (χ2n) is 15.5. The van der Waals surface area contributed by atoms with Crippen LogP contribution in [0.1, 0.15) is 65.6 Å². The lowest BCUT2D eigenvalue weighted by atomic mass is 9.70. The van der Waals surface area contributed by atoms with Crippen molar-refractivity contribution in [1.29, 1.82) is 0 Å². The molecule has 7 aromatic carbocycles. The van der Waals surface area contributed by atoms with Gasteiger partial charge in [-0.3, -0.25) is 0 Å². The Bertz CT molecular complexity index is 2640. The number of fused-ring (bicyclic) bond motifs is 13. The molecule has 0 heterocycles. The summed E-state index contributed by atoms with van der Waals surface area (Å²) in [6.07, 6.45) is 8.90. The van der Waals surface area contributed by atoms with Gasteiger partial charge in [-0.05, 0) is 116 Å². The minimum Gasteiger partial charge on any atom is -0.310 e. The molecule has 0 aliphatic heterocycles. The van der Waals surface area contributed by atoms with Gasteiger partial charge in [-0.1, -0.05) is 159 Å². The zero-order valence-corrected chi connectivity index (χ0v) is 30.1. The van der Waals surface area contributed by atoms with Crippen molar-refractivity contribution in [2.24, 2.45) is 0 Å². The predicted octanol–water partition coefficient (Wildman–Crippen LogP) is 13.5. The fourth-order valence-electron chi connectivity index (χ4n) is 10.2. The van der Waals surface area contributed by atoms with E-state index in [1.54, 1.807) is 0 Å². The van der Waals surface area contributed by atoms with Gasteiger partial charge in [-0.15, -0.1) is 0 Å². The van der Waals surface area contributed by atoms with Crippen molar-refractivity contribution in [3.8, 4) is 33.4 Å². The van der Waals surface area contributed by atoms with E-state index in [4.69, 9.17) is 0 Å². The molecular weight excluding hydrogens is 639 g/mol. The van der Waals surface area contributed by atoms with Crippen molar-refractivity contribution >= 4 is 22.6 Å². The van der Waals surface area contributed by atoms with Crippen LogP contribution in [0.4, 0.5) is 17.1 Å². The molecule has 0 radical (unpaired) electrons. The first-order chi connectivity index (χ1) is 26.1. The Morgan fingerprint density at radius 2 is 1.00 bits per heavy atom.